The maximum atomic E-state index is 5.50. The first-order chi connectivity index (χ1) is 5.68. The maximum Gasteiger partial charge on any atom is 0.104 e. The molecule has 0 N–H and O–H groups in total. The molecule has 1 heterocycles. The molecule has 0 aromatic heterocycles. The molecule has 1 saturated heterocycles. The molecule has 0 aromatic rings. The van der Waals surface area contributed by atoms with Gasteiger partial charge in [0.25, 0.3) is 0 Å². The Morgan fingerprint density at radius 3 is 2.58 bits per heavy atom. The predicted octanol–water partition coefficient (Wildman–Crippen LogP) is 2.08. The number of ether oxygens (including phenoxy) is 2. The zero-order valence-electron chi connectivity index (χ0n) is 8.38. The molecule has 1 rings (SSSR count). The van der Waals surface area contributed by atoms with E-state index in [2.05, 4.69) is 20.8 Å². The fourth-order valence-electron chi connectivity index (χ4n) is 1.44. The van der Waals surface area contributed by atoms with Crippen molar-refractivity contribution in [3.63, 3.8) is 0 Å². The summed E-state index contributed by atoms with van der Waals surface area (Å²) >= 11 is 0. The van der Waals surface area contributed by atoms with Gasteiger partial charge in [0.15, 0.2) is 0 Å². The van der Waals surface area contributed by atoms with Gasteiger partial charge in [-0.25, -0.2) is 0 Å². The maximum absolute atomic E-state index is 5.50. The van der Waals surface area contributed by atoms with Crippen molar-refractivity contribution in [2.45, 2.75) is 33.3 Å². The first kappa shape index (κ1) is 10.0. The molecule has 0 aromatic carbocycles. The van der Waals surface area contributed by atoms with Crippen LogP contribution in [0.25, 0.3) is 0 Å². The van der Waals surface area contributed by atoms with Crippen molar-refractivity contribution in [3.05, 3.63) is 0 Å². The highest BCUT2D eigenvalue weighted by molar-refractivity contribution is 4.67. The number of hydrogen-bond donors (Lipinski definition) is 0. The van der Waals surface area contributed by atoms with Crippen LogP contribution in [-0.4, -0.2) is 25.9 Å². The summed E-state index contributed by atoms with van der Waals surface area (Å²) in [5, 5.41) is 0. The smallest absolute Gasteiger partial charge is 0.104 e. The summed E-state index contributed by atoms with van der Waals surface area (Å²) in [6, 6.07) is 0. The van der Waals surface area contributed by atoms with E-state index < -0.39 is 0 Å². The van der Waals surface area contributed by atoms with Crippen molar-refractivity contribution in [2.24, 2.45) is 11.8 Å². The average Bonchev–Trinajstić information content (AvgIpc) is 2.69. The Morgan fingerprint density at radius 1 is 1.42 bits per heavy atom. The summed E-state index contributed by atoms with van der Waals surface area (Å²) in [6.45, 7) is 9.33. The number of hydrogen-bond acceptors (Lipinski definition) is 2. The van der Waals surface area contributed by atoms with Crippen molar-refractivity contribution in [1.29, 1.82) is 0 Å². The van der Waals surface area contributed by atoms with E-state index in [1.165, 1.54) is 6.42 Å². The monoisotopic (exact) mass is 172 g/mol. The lowest BCUT2D eigenvalue weighted by Gasteiger charge is -2.13. The quantitative estimate of drug-likeness (QED) is 0.572. The van der Waals surface area contributed by atoms with E-state index in [9.17, 15) is 0 Å². The van der Waals surface area contributed by atoms with Gasteiger partial charge < -0.3 is 9.47 Å². The van der Waals surface area contributed by atoms with Crippen molar-refractivity contribution in [1.82, 2.24) is 0 Å². The Morgan fingerprint density at radius 2 is 2.08 bits per heavy atom. The van der Waals surface area contributed by atoms with Crippen LogP contribution >= 0.6 is 0 Å². The third-order valence-electron chi connectivity index (χ3n) is 1.98. The van der Waals surface area contributed by atoms with Crippen molar-refractivity contribution < 1.29 is 9.47 Å². The normalized spacial score (nSPS) is 24.5. The van der Waals surface area contributed by atoms with Crippen LogP contribution in [0, 0.1) is 11.8 Å². The van der Waals surface area contributed by atoms with Gasteiger partial charge >= 0.3 is 0 Å². The fourth-order valence-corrected chi connectivity index (χ4v) is 1.44. The molecule has 2 unspecified atom stereocenters. The minimum Gasteiger partial charge on any atom is -0.378 e. The first-order valence-corrected chi connectivity index (χ1v) is 4.88. The van der Waals surface area contributed by atoms with E-state index in [1.54, 1.807) is 0 Å². The predicted molar refractivity (Wildman–Crippen MR) is 49.2 cm³/mol. The van der Waals surface area contributed by atoms with Gasteiger partial charge in [-0.05, 0) is 18.3 Å². The molecule has 12 heavy (non-hydrogen) atoms. The second-order valence-corrected chi connectivity index (χ2v) is 4.23. The topological polar surface area (TPSA) is 21.8 Å². The van der Waals surface area contributed by atoms with E-state index in [0.717, 1.165) is 25.7 Å². The second-order valence-electron chi connectivity index (χ2n) is 4.23. The molecule has 72 valence electrons. The van der Waals surface area contributed by atoms with E-state index in [1.807, 2.05) is 0 Å². The Bertz CT molecular complexity index is 119. The Balaban J connectivity index is 1.89. The molecule has 1 fully saturated rings. The Hall–Kier alpha value is -0.0800. The van der Waals surface area contributed by atoms with Gasteiger partial charge in [-0.1, -0.05) is 20.8 Å². The van der Waals surface area contributed by atoms with Gasteiger partial charge in [0.05, 0.1) is 13.2 Å². The summed E-state index contributed by atoms with van der Waals surface area (Å²) in [6.07, 6.45) is 1.67. The highest BCUT2D eigenvalue weighted by atomic mass is 16.6. The third kappa shape index (κ3) is 4.73. The first-order valence-electron chi connectivity index (χ1n) is 4.88. The van der Waals surface area contributed by atoms with Crippen molar-refractivity contribution in [2.75, 3.05) is 19.8 Å². The van der Waals surface area contributed by atoms with Gasteiger partial charge in [-0.2, -0.15) is 0 Å². The van der Waals surface area contributed by atoms with Gasteiger partial charge in [0.1, 0.15) is 6.10 Å². The number of epoxide rings is 1. The fraction of sp³-hybridized carbons (Fsp3) is 1.00. The minimum absolute atomic E-state index is 0.413. The Labute approximate surface area is 75.2 Å². The van der Waals surface area contributed by atoms with Crippen LogP contribution in [0.2, 0.25) is 0 Å². The molecule has 2 heteroatoms. The lowest BCUT2D eigenvalue weighted by molar-refractivity contribution is 0.0847. The Kier molecular flexibility index (Phi) is 4.02. The van der Waals surface area contributed by atoms with E-state index in [-0.39, 0.29) is 0 Å². The molecule has 0 bridgehead atoms. The van der Waals surface area contributed by atoms with E-state index in [4.69, 9.17) is 9.47 Å². The zero-order chi connectivity index (χ0) is 8.97. The van der Waals surface area contributed by atoms with Gasteiger partial charge in [-0.15, -0.1) is 0 Å². The number of rotatable bonds is 6. The van der Waals surface area contributed by atoms with Crippen LogP contribution in [0.3, 0.4) is 0 Å². The minimum atomic E-state index is 0.413. The van der Waals surface area contributed by atoms with Gasteiger partial charge in [0.2, 0.25) is 0 Å². The van der Waals surface area contributed by atoms with Gasteiger partial charge in [-0.3, -0.25) is 0 Å². The molecule has 0 radical (unpaired) electrons. The summed E-state index contributed by atoms with van der Waals surface area (Å²) in [5.41, 5.74) is 0. The summed E-state index contributed by atoms with van der Waals surface area (Å²) in [5.74, 6) is 1.46. The molecule has 1 aliphatic rings. The standard InChI is InChI=1S/C10H20O2/c1-8(2)4-9(3)5-11-6-10-7-12-10/h8-10H,4-7H2,1-3H3. The van der Waals surface area contributed by atoms with Crippen molar-refractivity contribution in [3.8, 4) is 0 Å². The summed E-state index contributed by atoms with van der Waals surface area (Å²) in [4.78, 5) is 0. The molecule has 0 amide bonds. The highest BCUT2D eigenvalue weighted by Crippen LogP contribution is 2.13. The zero-order valence-corrected chi connectivity index (χ0v) is 8.38. The van der Waals surface area contributed by atoms with Crippen LogP contribution in [0.4, 0.5) is 0 Å². The van der Waals surface area contributed by atoms with Crippen LogP contribution < -0.4 is 0 Å². The molecular formula is C10H20O2. The van der Waals surface area contributed by atoms with E-state index in [0.29, 0.717) is 12.0 Å². The van der Waals surface area contributed by atoms with Crippen LogP contribution in [0.1, 0.15) is 27.2 Å². The van der Waals surface area contributed by atoms with Crippen LogP contribution in [-0.2, 0) is 9.47 Å². The molecule has 1 aliphatic heterocycles. The summed E-state index contributed by atoms with van der Waals surface area (Å²) < 4.78 is 10.5. The molecule has 2 nitrogen and oxygen atoms in total. The lowest BCUT2D eigenvalue weighted by atomic mass is 10.00. The van der Waals surface area contributed by atoms with Crippen molar-refractivity contribution >= 4 is 0 Å². The molecule has 0 saturated carbocycles. The largest absolute Gasteiger partial charge is 0.378 e. The SMILES string of the molecule is CC(C)CC(C)COCC1CO1. The molecule has 0 aliphatic carbocycles. The third-order valence-corrected chi connectivity index (χ3v) is 1.98. The molecule has 2 atom stereocenters. The second kappa shape index (κ2) is 4.83. The molecular weight excluding hydrogens is 152 g/mol. The van der Waals surface area contributed by atoms with Gasteiger partial charge in [0, 0.05) is 6.61 Å². The average molecular weight is 172 g/mol. The van der Waals surface area contributed by atoms with E-state index >= 15 is 0 Å². The highest BCUT2D eigenvalue weighted by Gasteiger charge is 2.22. The van der Waals surface area contributed by atoms with Crippen LogP contribution in [0.15, 0.2) is 0 Å². The van der Waals surface area contributed by atoms with Crippen LogP contribution in [0.5, 0.6) is 0 Å². The summed E-state index contributed by atoms with van der Waals surface area (Å²) in [7, 11) is 0. The molecule has 0 spiro atoms. The lowest BCUT2D eigenvalue weighted by Crippen LogP contribution is -2.11.